The summed E-state index contributed by atoms with van der Waals surface area (Å²) in [4.78, 5) is 29.4. The topological polar surface area (TPSA) is 89.7 Å². The van der Waals surface area contributed by atoms with E-state index in [0.717, 1.165) is 38.6 Å². The number of hydrogen-bond acceptors (Lipinski definition) is 5. The van der Waals surface area contributed by atoms with Gasteiger partial charge in [0.25, 0.3) is 5.56 Å². The molecule has 0 spiro atoms. The molecule has 138 valence electrons. The molecule has 4 aromatic heterocycles. The molecule has 0 unspecified atom stereocenters. The molecule has 3 N–H and O–H groups in total. The average Bonchev–Trinajstić information content (AvgIpc) is 3.10. The van der Waals surface area contributed by atoms with E-state index in [0.29, 0.717) is 11.3 Å². The van der Waals surface area contributed by atoms with Gasteiger partial charge in [0.1, 0.15) is 11.3 Å². The number of benzene rings is 1. The Morgan fingerprint density at radius 3 is 2.82 bits per heavy atom. The summed E-state index contributed by atoms with van der Waals surface area (Å²) in [7, 11) is 4.01. The fourth-order valence-electron chi connectivity index (χ4n) is 3.53. The predicted molar refractivity (Wildman–Crippen MR) is 114 cm³/mol. The minimum absolute atomic E-state index is 0.156. The molecule has 7 heteroatoms. The van der Waals surface area contributed by atoms with Crippen molar-refractivity contribution < 1.29 is 0 Å². The second-order valence-corrected chi connectivity index (χ2v) is 6.89. The first kappa shape index (κ1) is 16.3. The van der Waals surface area contributed by atoms with Crippen molar-refractivity contribution in [3.8, 4) is 0 Å². The van der Waals surface area contributed by atoms with Crippen LogP contribution in [0, 0.1) is 0 Å². The van der Waals surface area contributed by atoms with Crippen LogP contribution in [0.2, 0.25) is 0 Å². The summed E-state index contributed by atoms with van der Waals surface area (Å²) in [5, 5.41) is 6.07. The molecule has 0 radical (unpaired) electrons. The van der Waals surface area contributed by atoms with Gasteiger partial charge in [-0.25, -0.2) is 4.98 Å². The molecule has 0 atom stereocenters. The molecule has 0 aliphatic rings. The summed E-state index contributed by atoms with van der Waals surface area (Å²) < 4.78 is 0. The number of aromatic amines is 2. The molecule has 0 amide bonds. The molecule has 4 heterocycles. The number of fused-ring (bicyclic) bond motifs is 5. The Kier molecular flexibility index (Phi) is 3.55. The van der Waals surface area contributed by atoms with Crippen molar-refractivity contribution in [3.63, 3.8) is 0 Å². The van der Waals surface area contributed by atoms with E-state index in [4.69, 9.17) is 4.98 Å². The second kappa shape index (κ2) is 6.09. The van der Waals surface area contributed by atoms with E-state index in [-0.39, 0.29) is 5.56 Å². The number of hydrogen-bond donors (Lipinski definition) is 3. The van der Waals surface area contributed by atoms with Crippen LogP contribution in [-0.2, 0) is 0 Å². The minimum atomic E-state index is -0.156. The van der Waals surface area contributed by atoms with E-state index in [1.807, 2.05) is 49.3 Å². The largest absolute Gasteiger partial charge is 0.378 e. The number of nitrogens with one attached hydrogen (secondary N) is 3. The van der Waals surface area contributed by atoms with E-state index in [9.17, 15) is 4.79 Å². The fourth-order valence-corrected chi connectivity index (χ4v) is 3.53. The number of pyridine rings is 3. The molecule has 0 saturated carbocycles. The van der Waals surface area contributed by atoms with E-state index >= 15 is 0 Å². The van der Waals surface area contributed by atoms with Gasteiger partial charge in [-0.15, -0.1) is 0 Å². The smallest absolute Gasteiger partial charge is 0.272 e. The van der Waals surface area contributed by atoms with Crippen molar-refractivity contribution in [1.29, 1.82) is 0 Å². The lowest BCUT2D eigenvalue weighted by atomic mass is 10.1. The quantitative estimate of drug-likeness (QED) is 0.450. The lowest BCUT2D eigenvalue weighted by molar-refractivity contribution is 1.13. The van der Waals surface area contributed by atoms with E-state index in [1.165, 1.54) is 0 Å². The van der Waals surface area contributed by atoms with E-state index in [1.54, 1.807) is 18.6 Å². The third-order valence-electron chi connectivity index (χ3n) is 4.89. The van der Waals surface area contributed by atoms with Crippen LogP contribution < -0.4 is 15.8 Å². The molecule has 7 nitrogen and oxygen atoms in total. The van der Waals surface area contributed by atoms with Crippen molar-refractivity contribution in [3.05, 3.63) is 65.3 Å². The molecule has 0 aliphatic carbocycles. The maximum absolute atomic E-state index is 12.3. The summed E-state index contributed by atoms with van der Waals surface area (Å²) >= 11 is 0. The van der Waals surface area contributed by atoms with Crippen molar-refractivity contribution in [1.82, 2.24) is 19.9 Å². The van der Waals surface area contributed by atoms with Gasteiger partial charge in [0.15, 0.2) is 0 Å². The Morgan fingerprint density at radius 1 is 1.07 bits per heavy atom. The van der Waals surface area contributed by atoms with Crippen LogP contribution in [0.15, 0.2) is 59.8 Å². The molecule has 5 aromatic rings. The zero-order chi connectivity index (χ0) is 19.3. The molecule has 0 bridgehead atoms. The highest BCUT2D eigenvalue weighted by atomic mass is 16.1. The summed E-state index contributed by atoms with van der Waals surface area (Å²) in [5.41, 5.74) is 4.00. The standard InChI is InChI=1S/C21H18N6O/c1-27(2)13-5-3-4-12(10-13)24-20-17-15-7-9-23-21(28)19(15)26-18(17)14-6-8-22-11-16(14)25-20/h3-11,26H,1-2H3,(H,23,28)(H,24,25). The van der Waals surface area contributed by atoms with Crippen LogP contribution in [0.3, 0.4) is 0 Å². The van der Waals surface area contributed by atoms with Gasteiger partial charge in [0, 0.05) is 48.6 Å². The highest BCUT2D eigenvalue weighted by molar-refractivity contribution is 6.20. The van der Waals surface area contributed by atoms with E-state index < -0.39 is 0 Å². The van der Waals surface area contributed by atoms with Crippen LogP contribution in [0.25, 0.3) is 32.7 Å². The molecule has 0 fully saturated rings. The Balaban J connectivity index is 1.82. The lowest BCUT2D eigenvalue weighted by Gasteiger charge is -2.15. The number of aromatic nitrogens is 4. The van der Waals surface area contributed by atoms with Gasteiger partial charge in [-0.3, -0.25) is 9.78 Å². The molecule has 28 heavy (non-hydrogen) atoms. The Labute approximate surface area is 160 Å². The summed E-state index contributed by atoms with van der Waals surface area (Å²) in [6, 6.07) is 11.9. The van der Waals surface area contributed by atoms with Crippen molar-refractivity contribution in [2.45, 2.75) is 0 Å². The molecular weight excluding hydrogens is 352 g/mol. The molecule has 0 saturated heterocycles. The highest BCUT2D eigenvalue weighted by Crippen LogP contribution is 2.35. The first-order valence-electron chi connectivity index (χ1n) is 8.93. The van der Waals surface area contributed by atoms with Gasteiger partial charge in [0.05, 0.1) is 22.6 Å². The molecular formula is C21H18N6O. The third kappa shape index (κ3) is 2.48. The van der Waals surface area contributed by atoms with Gasteiger partial charge in [-0.2, -0.15) is 0 Å². The van der Waals surface area contributed by atoms with Gasteiger partial charge in [-0.1, -0.05) is 6.07 Å². The summed E-state index contributed by atoms with van der Waals surface area (Å²) in [6.45, 7) is 0. The molecule has 5 rings (SSSR count). The molecule has 0 aliphatic heterocycles. The van der Waals surface area contributed by atoms with Crippen molar-refractivity contribution in [2.24, 2.45) is 0 Å². The maximum atomic E-state index is 12.3. The minimum Gasteiger partial charge on any atom is -0.378 e. The van der Waals surface area contributed by atoms with Crippen LogP contribution in [0.5, 0.6) is 0 Å². The normalized spacial score (nSPS) is 11.4. The first-order valence-corrected chi connectivity index (χ1v) is 8.93. The van der Waals surface area contributed by atoms with E-state index in [2.05, 4.69) is 26.3 Å². The number of nitrogens with zero attached hydrogens (tertiary/aromatic N) is 3. The molecule has 1 aromatic carbocycles. The number of anilines is 3. The van der Waals surface area contributed by atoms with Crippen LogP contribution in [0.1, 0.15) is 0 Å². The number of rotatable bonds is 3. The van der Waals surface area contributed by atoms with Gasteiger partial charge in [-0.05, 0) is 30.3 Å². The monoisotopic (exact) mass is 370 g/mol. The maximum Gasteiger partial charge on any atom is 0.272 e. The average molecular weight is 370 g/mol. The fraction of sp³-hybridized carbons (Fsp3) is 0.0952. The van der Waals surface area contributed by atoms with Gasteiger partial charge >= 0.3 is 0 Å². The Bertz CT molecular complexity index is 1400. The van der Waals surface area contributed by atoms with Gasteiger partial charge in [0.2, 0.25) is 0 Å². The number of H-pyrrole nitrogens is 2. The summed E-state index contributed by atoms with van der Waals surface area (Å²) in [5.74, 6) is 0.684. The summed E-state index contributed by atoms with van der Waals surface area (Å²) in [6.07, 6.45) is 5.12. The zero-order valence-corrected chi connectivity index (χ0v) is 15.4. The van der Waals surface area contributed by atoms with Crippen LogP contribution in [-0.4, -0.2) is 34.0 Å². The van der Waals surface area contributed by atoms with Crippen LogP contribution in [0.4, 0.5) is 17.2 Å². The SMILES string of the molecule is CN(C)c1cccc(Nc2nc3cnccc3c3[nH]c4c(=O)[nH]ccc4c23)c1. The first-order chi connectivity index (χ1) is 13.6. The Morgan fingerprint density at radius 2 is 1.96 bits per heavy atom. The second-order valence-electron chi connectivity index (χ2n) is 6.89. The van der Waals surface area contributed by atoms with Crippen LogP contribution >= 0.6 is 0 Å². The lowest BCUT2D eigenvalue weighted by Crippen LogP contribution is -2.08. The third-order valence-corrected chi connectivity index (χ3v) is 4.89. The predicted octanol–water partition coefficient (Wildman–Crippen LogP) is 3.76. The Hall–Kier alpha value is -3.87. The zero-order valence-electron chi connectivity index (χ0n) is 15.4. The van der Waals surface area contributed by atoms with Gasteiger partial charge < -0.3 is 20.2 Å². The van der Waals surface area contributed by atoms with Crippen molar-refractivity contribution in [2.75, 3.05) is 24.3 Å². The highest BCUT2D eigenvalue weighted by Gasteiger charge is 2.16. The van der Waals surface area contributed by atoms with Crippen molar-refractivity contribution >= 4 is 49.9 Å².